The van der Waals surface area contributed by atoms with Gasteiger partial charge in [-0.1, -0.05) is 82.3 Å². The van der Waals surface area contributed by atoms with Gasteiger partial charge < -0.3 is 106 Å². The average Bonchev–Trinajstić information content (AvgIpc) is 1.63. The number of phenols is 1. The molecular formula is C66H98N18O14S2. The Morgan fingerprint density at radius 1 is 0.630 bits per heavy atom. The number of phenolic OH excluding ortho intramolecular Hbond substituents is 1. The smallest absolute Gasteiger partial charge is 0.328 e. The molecule has 0 saturated carbocycles. The van der Waals surface area contributed by atoms with Crippen LogP contribution < -0.4 is 91.2 Å². The third kappa shape index (κ3) is 25.3. The Balaban J connectivity index is 1.20. The van der Waals surface area contributed by atoms with Gasteiger partial charge >= 0.3 is 5.97 Å². The monoisotopic (exact) mass is 1430 g/mol. The fourth-order valence-corrected chi connectivity index (χ4v) is 13.9. The predicted octanol–water partition coefficient (Wildman–Crippen LogP) is -4.65. The topological polar surface area (TPSA) is 500 Å². The van der Waals surface area contributed by atoms with Gasteiger partial charge in [0.1, 0.15) is 53.7 Å². The molecule has 3 aliphatic rings. The maximum absolute atomic E-state index is 15.2. The van der Waals surface area contributed by atoms with Crippen LogP contribution in [0.3, 0.4) is 0 Å². The number of carboxylic acid groups (broad SMARTS) is 1. The lowest BCUT2D eigenvalue weighted by Crippen LogP contribution is -2.72. The second-order valence-corrected chi connectivity index (χ2v) is 27.9. The fraction of sp³-hybridized carbons (Fsp3) is 0.545. The number of aromatic nitrogens is 1. The highest BCUT2D eigenvalue weighted by Crippen LogP contribution is 2.25. The van der Waals surface area contributed by atoms with Gasteiger partial charge in [-0.05, 0) is 81.0 Å². The van der Waals surface area contributed by atoms with Crippen LogP contribution in [-0.4, -0.2) is 240 Å². The summed E-state index contributed by atoms with van der Waals surface area (Å²) in [6, 6.07) is 8.82. The van der Waals surface area contributed by atoms with E-state index in [1.165, 1.54) is 31.2 Å². The maximum Gasteiger partial charge on any atom is 0.328 e. The first kappa shape index (κ1) is 79.3. The molecule has 32 nitrogen and oxygen atoms in total. The van der Waals surface area contributed by atoms with Crippen molar-refractivity contribution in [2.45, 2.75) is 144 Å². The summed E-state index contributed by atoms with van der Waals surface area (Å²) in [5.74, 6) is -10.3. The lowest BCUT2D eigenvalue weighted by atomic mass is 10.0. The predicted molar refractivity (Wildman–Crippen MR) is 377 cm³/mol. The van der Waals surface area contributed by atoms with Gasteiger partial charge in [0, 0.05) is 126 Å². The molecule has 8 unspecified atom stereocenters. The number of hydrogen-bond acceptors (Lipinski definition) is 23. The number of carbonyl (C=O) groups excluding carboxylic acids is 9. The highest BCUT2D eigenvalue weighted by molar-refractivity contribution is 8.76. The lowest BCUT2D eigenvalue weighted by molar-refractivity contribution is -0.145. The van der Waals surface area contributed by atoms with Crippen LogP contribution in [0.25, 0.3) is 10.9 Å². The van der Waals surface area contributed by atoms with Crippen LogP contribution in [0.1, 0.15) is 69.1 Å². The third-order valence-electron chi connectivity index (χ3n) is 17.1. The molecule has 7 rings (SSSR count). The van der Waals surface area contributed by atoms with Crippen LogP contribution in [0, 0.1) is 0 Å². The van der Waals surface area contributed by atoms with Crippen molar-refractivity contribution in [1.29, 1.82) is 0 Å². The number of para-hydroxylation sites is 1. The van der Waals surface area contributed by atoms with E-state index in [1.54, 1.807) is 60.8 Å². The number of carboxylic acids is 1. The number of aliphatic hydroxyl groups is 2. The summed E-state index contributed by atoms with van der Waals surface area (Å²) in [7, 11) is 1.75. The minimum absolute atomic E-state index is 0.0608. The number of H-pyrrole nitrogens is 1. The number of aromatic hydroxyl groups is 1. The number of hydrogen-bond donors (Lipinski definition) is 22. The quantitative estimate of drug-likeness (QED) is 0.0245. The van der Waals surface area contributed by atoms with Crippen LogP contribution in [0.15, 0.2) is 85.1 Å². The van der Waals surface area contributed by atoms with Crippen molar-refractivity contribution in [1.82, 2.24) is 84.7 Å². The number of aliphatic hydroxyl groups excluding tert-OH is 2. The Bertz CT molecular complexity index is 3360. The average molecular weight is 1430 g/mol. The summed E-state index contributed by atoms with van der Waals surface area (Å²) in [6.07, 6.45) is -1.81. The second kappa shape index (κ2) is 39.9. The van der Waals surface area contributed by atoms with Gasteiger partial charge in [-0.2, -0.15) is 0 Å². The Hall–Kier alpha value is -8.00. The molecule has 2 bridgehead atoms. The minimum atomic E-state index is -1.88. The van der Waals surface area contributed by atoms with E-state index in [9.17, 15) is 54.0 Å². The van der Waals surface area contributed by atoms with E-state index in [1.807, 2.05) is 0 Å². The van der Waals surface area contributed by atoms with Crippen LogP contribution in [0.2, 0.25) is 0 Å². The van der Waals surface area contributed by atoms with Gasteiger partial charge in [-0.15, -0.1) is 0 Å². The van der Waals surface area contributed by atoms with Gasteiger partial charge in [-0.3, -0.25) is 53.8 Å². The SMILES string of the molecule is CC(O)C(NC(=O)C1CSSC[C@H](NC(=O)C(Cc2ccccc2)NC(=O)CCCC(=O)NC23CNCCNCC(N)(CNCCNC2)NCCN3)C(=O)NC(Cc2ccc(O)cc2)C(=O)N[C@H](Cc2c[nH]c3ccccc23)C(=O)NC(CCCCN)C(=O)NC(C(C)O)C(=O)N1)C(=O)O. The molecule has 9 amide bonds. The van der Waals surface area contributed by atoms with E-state index < -0.39 is 131 Å². The van der Waals surface area contributed by atoms with Gasteiger partial charge in [-0.25, -0.2) is 4.79 Å². The van der Waals surface area contributed by atoms with E-state index in [4.69, 9.17) is 11.5 Å². The molecule has 0 spiro atoms. The summed E-state index contributed by atoms with van der Waals surface area (Å²) in [4.78, 5) is 147. The molecule has 3 aliphatic heterocycles. The maximum atomic E-state index is 15.2. The van der Waals surface area contributed by atoms with Crippen molar-refractivity contribution >= 4 is 91.6 Å². The Morgan fingerprint density at radius 3 is 1.89 bits per heavy atom. The first-order chi connectivity index (χ1) is 47.9. The molecule has 34 heteroatoms. The summed E-state index contributed by atoms with van der Waals surface area (Å²) in [5.41, 5.74) is 13.2. The summed E-state index contributed by atoms with van der Waals surface area (Å²) < 4.78 is 0. The normalized spacial score (nSPS) is 25.0. The standard InChI is InChI=1S/C66H98N18O14S2/c1-39(85)55-63(96)81-52(62(95)83-56(40(2)86)64(97)98)34-100-99-33-51(61(94)78-49(30-42-18-20-44(87)21-19-42)59(92)79-50(31-43-32-73-46-14-7-6-13-45(43)46)60(93)77-47(57(90)82-55)15-8-9-22-67)80-58(91)48(29-41-11-4-3-5-12-41)76-53(88)16-10-17-54(89)84-66-37-71-25-23-69-35-65(68,74-27-28-75-66)36-70-24-26-72-38-66/h3-7,11-14,18-21,32,39-40,47-52,55-56,69-75,85-87H,8-10,15-17,22-31,33-38,67-68H2,1-2H3,(H,76,88)(H,77,93)(H,78,94)(H,79,92)(H,80,91)(H,81,96)(H,82,90)(H,83,95)(H,84,89)(H,97,98)/t39?,40?,47?,48?,49?,50-,51+,52?,55?,56?,65?,66?/m1/s1. The molecular weight excluding hydrogens is 1330 g/mol. The van der Waals surface area contributed by atoms with Crippen LogP contribution >= 0.6 is 21.6 Å². The van der Waals surface area contributed by atoms with Crippen molar-refractivity contribution in [2.24, 2.45) is 11.5 Å². The molecule has 3 fully saturated rings. The van der Waals surface area contributed by atoms with E-state index in [-0.39, 0.29) is 75.3 Å². The Labute approximate surface area is 588 Å². The van der Waals surface area contributed by atoms with Crippen molar-refractivity contribution in [2.75, 3.05) is 83.5 Å². The van der Waals surface area contributed by atoms with Crippen molar-refractivity contribution < 1.29 is 68.4 Å². The molecule has 4 aromatic rings. The molecule has 3 saturated heterocycles. The summed E-state index contributed by atoms with van der Waals surface area (Å²) in [5, 5.41) is 87.2. The molecule has 24 N–H and O–H groups in total. The van der Waals surface area contributed by atoms with E-state index >= 15 is 14.4 Å². The number of nitrogens with one attached hydrogen (secondary N) is 16. The zero-order chi connectivity index (χ0) is 72.2. The highest BCUT2D eigenvalue weighted by atomic mass is 33.1. The lowest BCUT2D eigenvalue weighted by Gasteiger charge is -2.39. The number of carbonyl (C=O) groups is 10. The van der Waals surface area contributed by atoms with E-state index in [0.29, 0.717) is 99.5 Å². The van der Waals surface area contributed by atoms with Crippen LogP contribution in [-0.2, 0) is 67.2 Å². The van der Waals surface area contributed by atoms with Crippen molar-refractivity contribution in [3.8, 4) is 5.75 Å². The highest BCUT2D eigenvalue weighted by Gasteiger charge is 2.39. The number of amides is 9. The van der Waals surface area contributed by atoms with Gasteiger partial charge in [0.2, 0.25) is 53.2 Å². The minimum Gasteiger partial charge on any atom is -0.508 e. The van der Waals surface area contributed by atoms with Crippen molar-refractivity contribution in [3.05, 3.63) is 102 Å². The number of aromatic amines is 1. The van der Waals surface area contributed by atoms with Crippen LogP contribution in [0.5, 0.6) is 5.75 Å². The molecule has 4 heterocycles. The van der Waals surface area contributed by atoms with Crippen molar-refractivity contribution in [3.63, 3.8) is 0 Å². The van der Waals surface area contributed by atoms with E-state index in [0.717, 1.165) is 28.5 Å². The summed E-state index contributed by atoms with van der Waals surface area (Å²) in [6.45, 7) is 7.62. The molecule has 1 aromatic heterocycles. The zero-order valence-electron chi connectivity index (χ0n) is 56.3. The molecule has 3 aromatic carbocycles. The van der Waals surface area contributed by atoms with Crippen LogP contribution in [0.4, 0.5) is 0 Å². The van der Waals surface area contributed by atoms with Gasteiger partial charge in [0.25, 0.3) is 0 Å². The zero-order valence-corrected chi connectivity index (χ0v) is 57.9. The number of unbranched alkanes of at least 4 members (excludes halogenated alkanes) is 1. The first-order valence-corrected chi connectivity index (χ1v) is 36.2. The van der Waals surface area contributed by atoms with E-state index in [2.05, 4.69) is 84.7 Å². The third-order valence-corrected chi connectivity index (χ3v) is 19.5. The number of rotatable bonds is 23. The largest absolute Gasteiger partial charge is 0.508 e. The molecule has 10 atom stereocenters. The second-order valence-electron chi connectivity index (χ2n) is 25.4. The van der Waals surface area contributed by atoms with Gasteiger partial charge in [0.05, 0.1) is 17.9 Å². The number of nitrogens with two attached hydrogens (primary N) is 2. The Morgan fingerprint density at radius 2 is 1.23 bits per heavy atom. The fourth-order valence-electron chi connectivity index (χ4n) is 11.6. The first-order valence-electron chi connectivity index (χ1n) is 33.7. The van der Waals surface area contributed by atoms with Gasteiger partial charge in [0.15, 0.2) is 6.04 Å². The molecule has 0 aliphatic carbocycles. The molecule has 100 heavy (non-hydrogen) atoms. The Kier molecular flexibility index (Phi) is 31.6. The molecule has 548 valence electrons. The molecule has 0 radical (unpaired) electrons. The number of benzene rings is 3. The number of fused-ring (bicyclic) bond motifs is 6. The summed E-state index contributed by atoms with van der Waals surface area (Å²) >= 11 is 0. The number of aliphatic carboxylic acids is 1.